The number of ether oxygens (including phenoxy) is 4. The summed E-state index contributed by atoms with van der Waals surface area (Å²) in [4.78, 5) is 29.4. The average molecular weight is 451 g/mol. The Balaban J connectivity index is 1.51. The molecule has 9 nitrogen and oxygen atoms in total. The van der Waals surface area contributed by atoms with Gasteiger partial charge in [0.15, 0.2) is 34.9 Å². The summed E-state index contributed by atoms with van der Waals surface area (Å²) in [5, 5.41) is 4.34. The van der Waals surface area contributed by atoms with Gasteiger partial charge in [0.1, 0.15) is 6.61 Å². The van der Waals surface area contributed by atoms with Gasteiger partial charge in [0.05, 0.1) is 11.6 Å². The smallest absolute Gasteiger partial charge is 0.308 e. The maximum atomic E-state index is 12.9. The first-order valence-corrected chi connectivity index (χ1v) is 10.5. The number of carbonyl (C=O) groups is 1. The first-order valence-electron chi connectivity index (χ1n) is 9.68. The van der Waals surface area contributed by atoms with E-state index >= 15 is 0 Å². The zero-order valence-electron chi connectivity index (χ0n) is 17.1. The number of rotatable bonds is 4. The Kier molecular flexibility index (Phi) is 4.98. The minimum absolute atomic E-state index is 0.244. The van der Waals surface area contributed by atoms with E-state index in [1.54, 1.807) is 30.3 Å². The molecule has 0 aliphatic carbocycles. The van der Waals surface area contributed by atoms with Crippen LogP contribution in [0.2, 0.25) is 0 Å². The average Bonchev–Trinajstić information content (AvgIpc) is 3.33. The maximum absolute atomic E-state index is 12.9. The molecule has 5 rings (SSSR count). The van der Waals surface area contributed by atoms with Crippen LogP contribution in [0.3, 0.4) is 0 Å². The first kappa shape index (κ1) is 20.0. The molecule has 2 aromatic carbocycles. The summed E-state index contributed by atoms with van der Waals surface area (Å²) in [5.41, 5.74) is 0.194. The Morgan fingerprint density at radius 2 is 2.03 bits per heavy atom. The van der Waals surface area contributed by atoms with Crippen LogP contribution in [0.5, 0.6) is 23.0 Å². The molecule has 3 heterocycles. The number of fused-ring (bicyclic) bond motifs is 2. The van der Waals surface area contributed by atoms with Crippen LogP contribution in [0.4, 0.5) is 0 Å². The third kappa shape index (κ3) is 3.54. The number of benzene rings is 2. The van der Waals surface area contributed by atoms with Crippen LogP contribution in [0.25, 0.3) is 11.0 Å². The monoisotopic (exact) mass is 451 g/mol. The van der Waals surface area contributed by atoms with Crippen LogP contribution >= 0.6 is 11.3 Å². The number of carbonyl (C=O) groups excluding carboxylic acids is 1. The highest BCUT2D eigenvalue weighted by molar-refractivity contribution is 7.15. The van der Waals surface area contributed by atoms with E-state index in [0.29, 0.717) is 38.1 Å². The van der Waals surface area contributed by atoms with Crippen LogP contribution in [-0.4, -0.2) is 34.3 Å². The molecule has 4 aromatic rings. The predicted molar refractivity (Wildman–Crippen MR) is 116 cm³/mol. The summed E-state index contributed by atoms with van der Waals surface area (Å²) in [5.74, 6) is 1.78. The normalized spacial score (nSPS) is 15.7. The molecular weight excluding hydrogens is 434 g/mol. The van der Waals surface area contributed by atoms with Gasteiger partial charge in [-0.05, 0) is 24.3 Å². The number of aromatic nitrogens is 3. The molecule has 1 aliphatic rings. The molecule has 1 unspecified atom stereocenters. The van der Waals surface area contributed by atoms with Crippen molar-refractivity contribution >= 4 is 28.3 Å². The highest BCUT2D eigenvalue weighted by Crippen LogP contribution is 2.35. The lowest BCUT2D eigenvalue weighted by Gasteiger charge is -2.24. The maximum Gasteiger partial charge on any atom is 0.308 e. The molecule has 0 spiro atoms. The van der Waals surface area contributed by atoms with E-state index in [1.165, 1.54) is 29.9 Å². The third-order valence-electron chi connectivity index (χ3n) is 4.76. The standard InChI is InChI=1S/C22H17N3O6S/c1-12(26)30-19-13(6-5-9-16(19)28-2)10-18-21(27)25-22(32-18)23-20(24-25)17-11-29-14-7-3-4-8-15(14)31-17/h3-10,17H,11H2,1-2H3. The summed E-state index contributed by atoms with van der Waals surface area (Å²) < 4.78 is 23.9. The van der Waals surface area contributed by atoms with Gasteiger partial charge < -0.3 is 18.9 Å². The van der Waals surface area contributed by atoms with Crippen molar-refractivity contribution in [2.24, 2.45) is 0 Å². The van der Waals surface area contributed by atoms with Gasteiger partial charge in [-0.2, -0.15) is 9.50 Å². The fourth-order valence-corrected chi connectivity index (χ4v) is 4.24. The van der Waals surface area contributed by atoms with Gasteiger partial charge in [-0.15, -0.1) is 5.10 Å². The van der Waals surface area contributed by atoms with Gasteiger partial charge in [-0.3, -0.25) is 9.59 Å². The number of methoxy groups -OCH3 is 1. The number of thiazole rings is 1. The summed E-state index contributed by atoms with van der Waals surface area (Å²) in [6.45, 7) is 1.55. The number of para-hydroxylation sites is 3. The van der Waals surface area contributed by atoms with Gasteiger partial charge in [0.2, 0.25) is 4.96 Å². The second-order valence-corrected chi connectivity index (χ2v) is 7.93. The second kappa shape index (κ2) is 7.97. The molecule has 0 bridgehead atoms. The molecule has 1 atom stereocenters. The van der Waals surface area contributed by atoms with Crippen molar-refractivity contribution in [1.29, 1.82) is 0 Å². The van der Waals surface area contributed by atoms with Gasteiger partial charge in [0.25, 0.3) is 5.56 Å². The van der Waals surface area contributed by atoms with Crippen LogP contribution in [-0.2, 0) is 4.79 Å². The van der Waals surface area contributed by atoms with Gasteiger partial charge >= 0.3 is 5.97 Å². The van der Waals surface area contributed by atoms with E-state index in [2.05, 4.69) is 10.1 Å². The third-order valence-corrected chi connectivity index (χ3v) is 5.72. The highest BCUT2D eigenvalue weighted by atomic mass is 32.1. The van der Waals surface area contributed by atoms with Crippen LogP contribution < -0.4 is 29.0 Å². The quantitative estimate of drug-likeness (QED) is 0.344. The molecule has 2 aromatic heterocycles. The molecule has 0 fully saturated rings. The van der Waals surface area contributed by atoms with Crippen molar-refractivity contribution in [1.82, 2.24) is 14.6 Å². The summed E-state index contributed by atoms with van der Waals surface area (Å²) in [6.07, 6.45) is 1.11. The van der Waals surface area contributed by atoms with E-state index in [-0.39, 0.29) is 17.9 Å². The summed E-state index contributed by atoms with van der Waals surface area (Å²) in [7, 11) is 1.48. The molecule has 0 saturated carbocycles. The van der Waals surface area contributed by atoms with E-state index in [1.807, 2.05) is 18.2 Å². The zero-order valence-corrected chi connectivity index (χ0v) is 17.9. The number of esters is 1. The van der Waals surface area contributed by atoms with E-state index < -0.39 is 12.1 Å². The number of nitrogens with zero attached hydrogens (tertiary/aromatic N) is 3. The molecule has 162 valence electrons. The molecule has 0 amide bonds. The zero-order chi connectivity index (χ0) is 22.2. The minimum atomic E-state index is -0.516. The molecule has 0 radical (unpaired) electrons. The minimum Gasteiger partial charge on any atom is -0.493 e. The fraction of sp³-hybridized carbons (Fsp3) is 0.182. The SMILES string of the molecule is COc1cccc(C=c2sc3nc(C4COc5ccccc5O4)nn3c2=O)c1OC(C)=O. The van der Waals surface area contributed by atoms with Crippen molar-refractivity contribution in [3.63, 3.8) is 0 Å². The molecule has 0 N–H and O–H groups in total. The van der Waals surface area contributed by atoms with Crippen LogP contribution in [0.15, 0.2) is 47.3 Å². The lowest BCUT2D eigenvalue weighted by atomic mass is 10.2. The van der Waals surface area contributed by atoms with Crippen molar-refractivity contribution in [2.75, 3.05) is 13.7 Å². The van der Waals surface area contributed by atoms with Gasteiger partial charge in [-0.25, -0.2) is 0 Å². The van der Waals surface area contributed by atoms with Crippen molar-refractivity contribution in [3.8, 4) is 23.0 Å². The molecule has 1 aliphatic heterocycles. The van der Waals surface area contributed by atoms with Crippen molar-refractivity contribution in [2.45, 2.75) is 13.0 Å². The van der Waals surface area contributed by atoms with E-state index in [9.17, 15) is 9.59 Å². The van der Waals surface area contributed by atoms with Crippen LogP contribution in [0, 0.1) is 0 Å². The Morgan fingerprint density at radius 1 is 1.22 bits per heavy atom. The van der Waals surface area contributed by atoms with Crippen molar-refractivity contribution < 1.29 is 23.7 Å². The van der Waals surface area contributed by atoms with Crippen LogP contribution in [0.1, 0.15) is 24.4 Å². The van der Waals surface area contributed by atoms with Gasteiger partial charge in [0, 0.05) is 12.5 Å². The number of hydrogen-bond donors (Lipinski definition) is 0. The Hall–Kier alpha value is -3.92. The summed E-state index contributed by atoms with van der Waals surface area (Å²) in [6, 6.07) is 12.5. The Labute approximate surface area is 185 Å². The predicted octanol–water partition coefficient (Wildman–Crippen LogP) is 2.15. The molecule has 0 saturated heterocycles. The second-order valence-electron chi connectivity index (χ2n) is 6.92. The lowest BCUT2D eigenvalue weighted by molar-refractivity contribution is -0.132. The van der Waals surface area contributed by atoms with E-state index in [4.69, 9.17) is 18.9 Å². The van der Waals surface area contributed by atoms with E-state index in [0.717, 1.165) is 0 Å². The molecule has 10 heteroatoms. The highest BCUT2D eigenvalue weighted by Gasteiger charge is 2.27. The van der Waals surface area contributed by atoms with Crippen molar-refractivity contribution in [3.05, 3.63) is 68.7 Å². The largest absolute Gasteiger partial charge is 0.493 e. The summed E-state index contributed by atoms with van der Waals surface area (Å²) >= 11 is 1.17. The topological polar surface area (TPSA) is 101 Å². The fourth-order valence-electron chi connectivity index (χ4n) is 3.33. The Morgan fingerprint density at radius 3 is 2.78 bits per heavy atom. The molecule has 32 heavy (non-hydrogen) atoms. The van der Waals surface area contributed by atoms with Gasteiger partial charge in [-0.1, -0.05) is 35.6 Å². The number of hydrogen-bond acceptors (Lipinski definition) is 9. The Bertz CT molecular complexity index is 1440. The first-order chi connectivity index (χ1) is 15.5. The molecular formula is C22H17N3O6S. The lowest BCUT2D eigenvalue weighted by Crippen LogP contribution is -2.26.